The molecular weight excluding hydrogens is 522 g/mol. The van der Waals surface area contributed by atoms with Gasteiger partial charge in [-0.2, -0.15) is 0 Å². The molecule has 0 fully saturated rings. The van der Waals surface area contributed by atoms with Gasteiger partial charge in [-0.3, -0.25) is 9.59 Å². The van der Waals surface area contributed by atoms with Crippen LogP contribution in [0.2, 0.25) is 0 Å². The minimum Gasteiger partial charge on any atom is -0.496 e. The minimum atomic E-state index is -0.352. The lowest BCUT2D eigenvalue weighted by atomic mass is 10.1. The van der Waals surface area contributed by atoms with Crippen molar-refractivity contribution >= 4 is 55.9 Å². The first kappa shape index (κ1) is 27.3. The first-order valence-corrected chi connectivity index (χ1v) is 13.8. The fraction of sp³-hybridized carbons (Fsp3) is 0.250. The number of hydrogen-bond acceptors (Lipinski definition) is 8. The summed E-state index contributed by atoms with van der Waals surface area (Å²) in [5.41, 5.74) is 1.72. The summed E-state index contributed by atoms with van der Waals surface area (Å²) in [6.07, 6.45) is 0.616. The van der Waals surface area contributed by atoms with E-state index in [0.717, 1.165) is 20.9 Å². The van der Waals surface area contributed by atoms with Gasteiger partial charge in [0, 0.05) is 10.6 Å². The molecule has 1 heterocycles. The number of benzene rings is 3. The van der Waals surface area contributed by atoms with E-state index in [2.05, 4.69) is 15.6 Å². The molecule has 10 heteroatoms. The molecule has 0 aliphatic carbocycles. The first-order valence-electron chi connectivity index (χ1n) is 12.1. The van der Waals surface area contributed by atoms with E-state index in [1.165, 1.54) is 37.3 Å². The average molecular weight is 552 g/mol. The molecule has 0 saturated carbocycles. The number of methoxy groups -OCH3 is 2. The predicted octanol–water partition coefficient (Wildman–Crippen LogP) is 6.47. The molecule has 4 rings (SSSR count). The number of ether oxygens (including phenoxy) is 3. The largest absolute Gasteiger partial charge is 0.496 e. The number of aromatic nitrogens is 1. The van der Waals surface area contributed by atoms with Crippen LogP contribution in [0.3, 0.4) is 0 Å². The lowest BCUT2D eigenvalue weighted by Crippen LogP contribution is -2.24. The van der Waals surface area contributed by atoms with Gasteiger partial charge in [-0.05, 0) is 61.9 Å². The molecule has 38 heavy (non-hydrogen) atoms. The zero-order chi connectivity index (χ0) is 27.1. The molecule has 3 aromatic carbocycles. The van der Waals surface area contributed by atoms with Crippen LogP contribution >= 0.6 is 23.1 Å². The monoisotopic (exact) mass is 551 g/mol. The number of amides is 2. The normalized spacial score (nSPS) is 11.6. The number of carbonyl (C=O) groups excluding carboxylic acids is 2. The first-order chi connectivity index (χ1) is 18.4. The molecule has 4 aromatic rings. The summed E-state index contributed by atoms with van der Waals surface area (Å²) in [7, 11) is 3.01. The number of nitrogens with one attached hydrogen (secondary N) is 2. The molecule has 0 bridgehead atoms. The summed E-state index contributed by atoms with van der Waals surface area (Å²) < 4.78 is 17.2. The second-order valence-electron chi connectivity index (χ2n) is 8.11. The van der Waals surface area contributed by atoms with Crippen molar-refractivity contribution in [1.29, 1.82) is 0 Å². The highest BCUT2D eigenvalue weighted by Gasteiger charge is 2.21. The fourth-order valence-corrected chi connectivity index (χ4v) is 5.71. The average Bonchev–Trinajstić information content (AvgIpc) is 3.32. The van der Waals surface area contributed by atoms with Gasteiger partial charge >= 0.3 is 0 Å². The highest BCUT2D eigenvalue weighted by atomic mass is 32.2. The third-order valence-electron chi connectivity index (χ3n) is 5.59. The SMILES string of the molecule is CCOc1ccc2nc(NC(=O)C(CC)Sc3cccc(NC(=O)c4c(OC)cccc4OC)c3)sc2c1. The van der Waals surface area contributed by atoms with Crippen LogP contribution in [0.5, 0.6) is 17.2 Å². The Morgan fingerprint density at radius 1 is 0.974 bits per heavy atom. The molecule has 0 saturated heterocycles. The van der Waals surface area contributed by atoms with Gasteiger partial charge in [-0.1, -0.05) is 30.4 Å². The third-order valence-corrected chi connectivity index (χ3v) is 7.88. The lowest BCUT2D eigenvalue weighted by Gasteiger charge is -2.15. The van der Waals surface area contributed by atoms with E-state index in [1.807, 2.05) is 50.2 Å². The molecule has 0 spiro atoms. The zero-order valence-electron chi connectivity index (χ0n) is 21.6. The molecule has 0 radical (unpaired) electrons. The van der Waals surface area contributed by atoms with Gasteiger partial charge < -0.3 is 24.8 Å². The van der Waals surface area contributed by atoms with Crippen LogP contribution in [0.1, 0.15) is 30.6 Å². The van der Waals surface area contributed by atoms with Gasteiger partial charge in [0.15, 0.2) is 5.13 Å². The van der Waals surface area contributed by atoms with Gasteiger partial charge in [0.1, 0.15) is 22.8 Å². The standard InChI is InChI=1S/C28H29N3O5S2/c1-5-23(26(32)31-28-30-20-14-13-18(36-6-2)16-24(20)38-28)37-19-10-7-9-17(15-19)29-27(33)25-21(34-3)11-8-12-22(25)35-4/h7-16,23H,5-6H2,1-4H3,(H,29,33)(H,30,31,32). The van der Waals surface area contributed by atoms with Gasteiger partial charge in [-0.25, -0.2) is 4.98 Å². The summed E-state index contributed by atoms with van der Waals surface area (Å²) in [5.74, 6) is 1.13. The Labute approximate surface area is 229 Å². The van der Waals surface area contributed by atoms with Crippen LogP contribution in [0, 0.1) is 0 Å². The van der Waals surface area contributed by atoms with Crippen LogP contribution in [0.25, 0.3) is 10.2 Å². The molecule has 2 amide bonds. The van der Waals surface area contributed by atoms with Crippen LogP contribution in [-0.2, 0) is 4.79 Å². The van der Waals surface area contributed by atoms with Crippen molar-refractivity contribution < 1.29 is 23.8 Å². The van der Waals surface area contributed by atoms with Crippen molar-refractivity contribution in [2.75, 3.05) is 31.5 Å². The maximum absolute atomic E-state index is 13.1. The number of carbonyl (C=O) groups is 2. The topological polar surface area (TPSA) is 98.8 Å². The number of thioether (sulfide) groups is 1. The molecule has 2 N–H and O–H groups in total. The van der Waals surface area contributed by atoms with E-state index in [4.69, 9.17) is 14.2 Å². The Kier molecular flexibility index (Phi) is 9.09. The molecule has 1 aromatic heterocycles. The number of rotatable bonds is 11. The minimum absolute atomic E-state index is 0.130. The highest BCUT2D eigenvalue weighted by molar-refractivity contribution is 8.00. The highest BCUT2D eigenvalue weighted by Crippen LogP contribution is 2.33. The molecular formula is C28H29N3O5S2. The summed E-state index contributed by atoms with van der Waals surface area (Å²) >= 11 is 2.84. The van der Waals surface area contributed by atoms with Crippen molar-refractivity contribution in [3.05, 3.63) is 66.2 Å². The van der Waals surface area contributed by atoms with Gasteiger partial charge in [-0.15, -0.1) is 11.8 Å². The second-order valence-corrected chi connectivity index (χ2v) is 10.4. The molecule has 198 valence electrons. The van der Waals surface area contributed by atoms with Crippen molar-refractivity contribution in [1.82, 2.24) is 4.98 Å². The smallest absolute Gasteiger partial charge is 0.263 e. The van der Waals surface area contributed by atoms with Crippen molar-refractivity contribution in [3.63, 3.8) is 0 Å². The fourth-order valence-electron chi connectivity index (χ4n) is 3.80. The van der Waals surface area contributed by atoms with Crippen LogP contribution < -0.4 is 24.8 Å². The summed E-state index contributed by atoms with van der Waals surface area (Å²) in [4.78, 5) is 31.5. The molecule has 0 aliphatic rings. The van der Waals surface area contributed by atoms with Crippen molar-refractivity contribution in [2.45, 2.75) is 30.4 Å². The Bertz CT molecular complexity index is 1420. The van der Waals surface area contributed by atoms with E-state index < -0.39 is 0 Å². The zero-order valence-corrected chi connectivity index (χ0v) is 23.2. The van der Waals surface area contributed by atoms with E-state index in [0.29, 0.717) is 40.9 Å². The van der Waals surface area contributed by atoms with Gasteiger partial charge in [0.25, 0.3) is 5.91 Å². The van der Waals surface area contributed by atoms with Crippen molar-refractivity contribution in [2.24, 2.45) is 0 Å². The number of anilines is 2. The van der Waals surface area contributed by atoms with Crippen LogP contribution in [0.4, 0.5) is 10.8 Å². The maximum Gasteiger partial charge on any atom is 0.263 e. The lowest BCUT2D eigenvalue weighted by molar-refractivity contribution is -0.115. The number of fused-ring (bicyclic) bond motifs is 1. The van der Waals surface area contributed by atoms with E-state index >= 15 is 0 Å². The number of nitrogens with zero attached hydrogens (tertiary/aromatic N) is 1. The third kappa shape index (κ3) is 6.38. The summed E-state index contributed by atoms with van der Waals surface area (Å²) in [5, 5.41) is 6.06. The number of thiazole rings is 1. The van der Waals surface area contributed by atoms with Gasteiger partial charge in [0.05, 0.1) is 36.3 Å². The Balaban J connectivity index is 1.45. The quantitative estimate of drug-likeness (QED) is 0.206. The second kappa shape index (κ2) is 12.7. The van der Waals surface area contributed by atoms with E-state index in [-0.39, 0.29) is 17.1 Å². The molecule has 1 atom stereocenters. The Morgan fingerprint density at radius 3 is 2.39 bits per heavy atom. The Morgan fingerprint density at radius 2 is 1.71 bits per heavy atom. The molecule has 0 aliphatic heterocycles. The van der Waals surface area contributed by atoms with E-state index in [1.54, 1.807) is 24.3 Å². The van der Waals surface area contributed by atoms with Crippen LogP contribution in [-0.4, -0.2) is 42.9 Å². The maximum atomic E-state index is 13.1. The number of hydrogen-bond donors (Lipinski definition) is 2. The summed E-state index contributed by atoms with van der Waals surface area (Å²) in [6, 6.07) is 18.2. The summed E-state index contributed by atoms with van der Waals surface area (Å²) in [6.45, 7) is 4.48. The van der Waals surface area contributed by atoms with E-state index in [9.17, 15) is 9.59 Å². The molecule has 1 unspecified atom stereocenters. The van der Waals surface area contributed by atoms with Crippen LogP contribution in [0.15, 0.2) is 65.6 Å². The molecule has 8 nitrogen and oxygen atoms in total. The van der Waals surface area contributed by atoms with Gasteiger partial charge in [0.2, 0.25) is 5.91 Å². The van der Waals surface area contributed by atoms with Crippen molar-refractivity contribution in [3.8, 4) is 17.2 Å². The predicted molar refractivity (Wildman–Crippen MR) is 153 cm³/mol. The Hall–Kier alpha value is -3.76.